The number of methoxy groups -OCH3 is 1. The smallest absolute Gasteiger partial charge is 0.313 e. The molecular weight excluding hydrogens is 242 g/mol. The van der Waals surface area contributed by atoms with Crippen LogP contribution in [0, 0.1) is 5.41 Å². The van der Waals surface area contributed by atoms with E-state index in [-0.39, 0.29) is 12.6 Å². The highest BCUT2D eigenvalue weighted by atomic mass is 16.5. The number of hydrogen-bond acceptors (Lipinski definition) is 4. The van der Waals surface area contributed by atoms with Crippen molar-refractivity contribution < 1.29 is 14.3 Å². The van der Waals surface area contributed by atoms with Crippen LogP contribution in [-0.4, -0.2) is 18.6 Å². The van der Waals surface area contributed by atoms with Crippen LogP contribution in [0.5, 0.6) is 5.75 Å². The Morgan fingerprint density at radius 2 is 1.68 bits per heavy atom. The van der Waals surface area contributed by atoms with Crippen molar-refractivity contribution in [2.75, 3.05) is 7.11 Å². The van der Waals surface area contributed by atoms with Crippen LogP contribution < -0.4 is 10.5 Å². The van der Waals surface area contributed by atoms with Crippen molar-refractivity contribution in [3.8, 4) is 5.75 Å². The van der Waals surface area contributed by atoms with Gasteiger partial charge in [0.25, 0.3) is 0 Å². The molecule has 0 aliphatic carbocycles. The number of carbonyl (C=O) groups excluding carboxylic acids is 1. The van der Waals surface area contributed by atoms with Gasteiger partial charge in [0.1, 0.15) is 12.4 Å². The number of carbonyl (C=O) groups is 1. The average molecular weight is 265 g/mol. The van der Waals surface area contributed by atoms with E-state index < -0.39 is 11.0 Å². The molecule has 2 N–H and O–H groups in total. The first-order valence-electron chi connectivity index (χ1n) is 6.27. The zero-order valence-corrected chi connectivity index (χ0v) is 12.3. The quantitative estimate of drug-likeness (QED) is 0.831. The minimum Gasteiger partial charge on any atom is -0.497 e. The van der Waals surface area contributed by atoms with Crippen molar-refractivity contribution in [3.05, 3.63) is 29.8 Å². The van der Waals surface area contributed by atoms with Crippen LogP contribution in [-0.2, 0) is 16.1 Å². The van der Waals surface area contributed by atoms with Gasteiger partial charge in [0.05, 0.1) is 12.5 Å². The molecule has 0 heterocycles. The van der Waals surface area contributed by atoms with Gasteiger partial charge in [-0.3, -0.25) is 4.79 Å². The van der Waals surface area contributed by atoms with Gasteiger partial charge >= 0.3 is 5.97 Å². The van der Waals surface area contributed by atoms with E-state index in [1.165, 1.54) is 0 Å². The Balaban J connectivity index is 2.63. The summed E-state index contributed by atoms with van der Waals surface area (Å²) in [5.41, 5.74) is 5.55. The number of rotatable bonds is 5. The Morgan fingerprint density at radius 1 is 1.16 bits per heavy atom. The summed E-state index contributed by atoms with van der Waals surface area (Å²) in [5, 5.41) is 0. The summed E-state index contributed by atoms with van der Waals surface area (Å²) < 4.78 is 10.4. The monoisotopic (exact) mass is 265 g/mol. The summed E-state index contributed by atoms with van der Waals surface area (Å²) in [4.78, 5) is 12.1. The Hall–Kier alpha value is -1.55. The van der Waals surface area contributed by atoms with E-state index in [1.807, 2.05) is 38.1 Å². The average Bonchev–Trinajstić information content (AvgIpc) is 2.35. The molecule has 0 fully saturated rings. The highest BCUT2D eigenvalue weighted by Gasteiger charge is 2.41. The molecule has 0 aliphatic rings. The van der Waals surface area contributed by atoms with Crippen LogP contribution in [0.2, 0.25) is 0 Å². The van der Waals surface area contributed by atoms with Gasteiger partial charge in [0.2, 0.25) is 0 Å². The highest BCUT2D eigenvalue weighted by molar-refractivity contribution is 5.77. The zero-order chi connectivity index (χ0) is 14.7. The lowest BCUT2D eigenvalue weighted by molar-refractivity contribution is -0.158. The molecule has 0 atom stereocenters. The number of benzene rings is 1. The van der Waals surface area contributed by atoms with E-state index in [9.17, 15) is 4.79 Å². The van der Waals surface area contributed by atoms with E-state index in [4.69, 9.17) is 15.2 Å². The third-order valence-corrected chi connectivity index (χ3v) is 3.65. The molecule has 0 amide bonds. The molecule has 0 aromatic heterocycles. The van der Waals surface area contributed by atoms with E-state index in [0.29, 0.717) is 0 Å². The van der Waals surface area contributed by atoms with Crippen molar-refractivity contribution in [2.45, 2.75) is 39.8 Å². The standard InChI is InChI=1S/C15H23NO3/c1-14(2,15(3,4)16)13(17)19-10-11-6-8-12(18-5)9-7-11/h6-9H,10,16H2,1-5H3. The van der Waals surface area contributed by atoms with Gasteiger partial charge in [0, 0.05) is 5.54 Å². The van der Waals surface area contributed by atoms with E-state index in [2.05, 4.69) is 0 Å². The molecule has 0 bridgehead atoms. The SMILES string of the molecule is COc1ccc(COC(=O)C(C)(C)C(C)(C)N)cc1. The fourth-order valence-corrected chi connectivity index (χ4v) is 1.31. The minimum absolute atomic E-state index is 0.238. The van der Waals surface area contributed by atoms with Gasteiger partial charge in [-0.15, -0.1) is 0 Å². The Bertz CT molecular complexity index is 430. The maximum atomic E-state index is 12.1. The molecule has 19 heavy (non-hydrogen) atoms. The van der Waals surface area contributed by atoms with Crippen LogP contribution >= 0.6 is 0 Å². The zero-order valence-electron chi connectivity index (χ0n) is 12.3. The lowest BCUT2D eigenvalue weighted by Gasteiger charge is -2.35. The first-order chi connectivity index (χ1) is 8.68. The predicted molar refractivity (Wildman–Crippen MR) is 74.8 cm³/mol. The lowest BCUT2D eigenvalue weighted by atomic mass is 9.75. The first kappa shape index (κ1) is 15.5. The van der Waals surface area contributed by atoms with Gasteiger partial charge in [-0.25, -0.2) is 0 Å². The van der Waals surface area contributed by atoms with E-state index >= 15 is 0 Å². The molecule has 0 spiro atoms. The Kier molecular flexibility index (Phi) is 4.58. The molecule has 0 saturated carbocycles. The molecule has 0 aliphatic heterocycles. The third-order valence-electron chi connectivity index (χ3n) is 3.65. The number of hydrogen-bond donors (Lipinski definition) is 1. The van der Waals surface area contributed by atoms with Crippen LogP contribution in [0.4, 0.5) is 0 Å². The van der Waals surface area contributed by atoms with E-state index in [0.717, 1.165) is 11.3 Å². The van der Waals surface area contributed by atoms with Crippen LogP contribution in [0.15, 0.2) is 24.3 Å². The molecule has 4 nitrogen and oxygen atoms in total. The summed E-state index contributed by atoms with van der Waals surface area (Å²) >= 11 is 0. The summed E-state index contributed by atoms with van der Waals surface area (Å²) in [6.07, 6.45) is 0. The van der Waals surface area contributed by atoms with E-state index in [1.54, 1.807) is 21.0 Å². The first-order valence-corrected chi connectivity index (χ1v) is 6.27. The molecule has 0 saturated heterocycles. The van der Waals surface area contributed by atoms with Crippen molar-refractivity contribution in [2.24, 2.45) is 11.1 Å². The largest absolute Gasteiger partial charge is 0.497 e. The highest BCUT2D eigenvalue weighted by Crippen LogP contribution is 2.30. The maximum Gasteiger partial charge on any atom is 0.313 e. The normalized spacial score (nSPS) is 12.1. The second kappa shape index (κ2) is 5.61. The van der Waals surface area contributed by atoms with Crippen LogP contribution in [0.25, 0.3) is 0 Å². The van der Waals surface area contributed by atoms with Gasteiger partial charge in [0.15, 0.2) is 0 Å². The summed E-state index contributed by atoms with van der Waals surface area (Å²) in [6, 6.07) is 7.40. The molecule has 1 aromatic carbocycles. The fourth-order valence-electron chi connectivity index (χ4n) is 1.31. The van der Waals surface area contributed by atoms with Crippen molar-refractivity contribution in [3.63, 3.8) is 0 Å². The minimum atomic E-state index is -0.737. The van der Waals surface area contributed by atoms with Crippen molar-refractivity contribution >= 4 is 5.97 Å². The number of nitrogens with two attached hydrogens (primary N) is 1. The second-order valence-electron chi connectivity index (χ2n) is 5.77. The number of esters is 1. The topological polar surface area (TPSA) is 61.5 Å². The second-order valence-corrected chi connectivity index (χ2v) is 5.77. The molecule has 106 valence electrons. The number of ether oxygens (including phenoxy) is 2. The van der Waals surface area contributed by atoms with Crippen LogP contribution in [0.1, 0.15) is 33.3 Å². The predicted octanol–water partition coefficient (Wildman–Crippen LogP) is 2.50. The Labute approximate surface area is 114 Å². The molecule has 0 unspecified atom stereocenters. The van der Waals surface area contributed by atoms with Crippen LogP contribution in [0.3, 0.4) is 0 Å². The summed E-state index contributed by atoms with van der Waals surface area (Å²) in [7, 11) is 1.61. The maximum absolute atomic E-state index is 12.1. The molecule has 4 heteroatoms. The van der Waals surface area contributed by atoms with Crippen molar-refractivity contribution in [1.29, 1.82) is 0 Å². The fraction of sp³-hybridized carbons (Fsp3) is 0.533. The summed E-state index contributed by atoms with van der Waals surface area (Å²) in [6.45, 7) is 7.47. The van der Waals surface area contributed by atoms with Crippen molar-refractivity contribution in [1.82, 2.24) is 0 Å². The molecule has 1 aromatic rings. The molecule has 0 radical (unpaired) electrons. The van der Waals surface area contributed by atoms with Gasteiger partial charge < -0.3 is 15.2 Å². The summed E-state index contributed by atoms with van der Waals surface area (Å²) in [5.74, 6) is 0.481. The lowest BCUT2D eigenvalue weighted by Crippen LogP contribution is -2.52. The Morgan fingerprint density at radius 3 is 2.11 bits per heavy atom. The third kappa shape index (κ3) is 3.70. The molecule has 1 rings (SSSR count). The van der Waals surface area contributed by atoms with Gasteiger partial charge in [-0.2, -0.15) is 0 Å². The van der Waals surface area contributed by atoms with Gasteiger partial charge in [-0.05, 0) is 45.4 Å². The molecular formula is C15H23NO3. The van der Waals surface area contributed by atoms with Gasteiger partial charge in [-0.1, -0.05) is 12.1 Å².